The lowest BCUT2D eigenvalue weighted by Gasteiger charge is -2.32. The number of anilines is 1. The molecule has 0 saturated carbocycles. The zero-order valence-electron chi connectivity index (χ0n) is 17.0. The average Bonchev–Trinajstić information content (AvgIpc) is 3.22. The summed E-state index contributed by atoms with van der Waals surface area (Å²) < 4.78 is 5.65. The molecule has 0 radical (unpaired) electrons. The molecule has 3 heterocycles. The SMILES string of the molecule is COCCCNC(=O)[C@H]1CCCN(c2nc3c(-c4ccccc4)csc3c(=O)[nH]2)C1. The van der Waals surface area contributed by atoms with Crippen molar-refractivity contribution in [1.82, 2.24) is 15.3 Å². The monoisotopic (exact) mass is 426 g/mol. The van der Waals surface area contributed by atoms with E-state index in [1.54, 1.807) is 7.11 Å². The van der Waals surface area contributed by atoms with Crippen LogP contribution in [-0.4, -0.2) is 49.2 Å². The van der Waals surface area contributed by atoms with Crippen LogP contribution in [0.2, 0.25) is 0 Å². The number of carbonyl (C=O) groups is 1. The Kier molecular flexibility index (Phi) is 6.44. The molecular formula is C22H26N4O3S. The summed E-state index contributed by atoms with van der Waals surface area (Å²) in [6.07, 6.45) is 2.52. The first kappa shape index (κ1) is 20.6. The van der Waals surface area contributed by atoms with Crippen LogP contribution in [0.1, 0.15) is 19.3 Å². The number of rotatable bonds is 7. The van der Waals surface area contributed by atoms with Crippen LogP contribution >= 0.6 is 11.3 Å². The van der Waals surface area contributed by atoms with Crippen molar-refractivity contribution in [3.8, 4) is 11.1 Å². The second-order valence-corrected chi connectivity index (χ2v) is 8.38. The molecule has 1 aliphatic heterocycles. The number of nitrogens with one attached hydrogen (secondary N) is 2. The summed E-state index contributed by atoms with van der Waals surface area (Å²) in [5.41, 5.74) is 2.59. The molecule has 3 aromatic rings. The average molecular weight is 427 g/mol. The largest absolute Gasteiger partial charge is 0.385 e. The second kappa shape index (κ2) is 9.40. The van der Waals surface area contributed by atoms with E-state index in [2.05, 4.69) is 10.3 Å². The highest BCUT2D eigenvalue weighted by atomic mass is 32.1. The van der Waals surface area contributed by atoms with Crippen molar-refractivity contribution in [2.45, 2.75) is 19.3 Å². The lowest BCUT2D eigenvalue weighted by molar-refractivity contribution is -0.125. The third kappa shape index (κ3) is 4.39. The summed E-state index contributed by atoms with van der Waals surface area (Å²) in [6.45, 7) is 2.56. The van der Waals surface area contributed by atoms with Crippen LogP contribution in [-0.2, 0) is 9.53 Å². The van der Waals surface area contributed by atoms with Gasteiger partial charge in [-0.15, -0.1) is 11.3 Å². The van der Waals surface area contributed by atoms with Crippen LogP contribution in [0.25, 0.3) is 21.3 Å². The molecule has 1 saturated heterocycles. The molecule has 2 N–H and O–H groups in total. The summed E-state index contributed by atoms with van der Waals surface area (Å²) in [5, 5.41) is 4.98. The van der Waals surface area contributed by atoms with Gasteiger partial charge in [0.2, 0.25) is 11.9 Å². The summed E-state index contributed by atoms with van der Waals surface area (Å²) >= 11 is 1.41. The minimum atomic E-state index is -0.131. The zero-order valence-corrected chi connectivity index (χ0v) is 17.8. The Morgan fingerprint density at radius 2 is 2.20 bits per heavy atom. The number of methoxy groups -OCH3 is 1. The van der Waals surface area contributed by atoms with Crippen molar-refractivity contribution in [2.75, 3.05) is 38.3 Å². The standard InChI is InChI=1S/C22H26N4O3S/c1-29-12-6-10-23-20(27)16-9-5-11-26(13-16)22-24-18-17(15-7-3-2-4-8-15)14-30-19(18)21(28)25-22/h2-4,7-8,14,16H,5-6,9-13H2,1H3,(H,23,27)(H,24,25,28)/t16-/m0/s1. The molecule has 1 fully saturated rings. The smallest absolute Gasteiger partial charge is 0.270 e. The number of piperidine rings is 1. The van der Waals surface area contributed by atoms with Crippen molar-refractivity contribution in [3.63, 3.8) is 0 Å². The Morgan fingerprint density at radius 1 is 1.37 bits per heavy atom. The molecule has 30 heavy (non-hydrogen) atoms. The molecule has 0 aliphatic carbocycles. The summed E-state index contributed by atoms with van der Waals surface area (Å²) in [4.78, 5) is 35.0. The Balaban J connectivity index is 1.55. The van der Waals surface area contributed by atoms with Crippen LogP contribution in [0.15, 0.2) is 40.5 Å². The predicted octanol–water partition coefficient (Wildman–Crippen LogP) is 3.02. The minimum absolute atomic E-state index is 0.0553. The number of H-pyrrole nitrogens is 1. The van der Waals surface area contributed by atoms with Crippen molar-refractivity contribution in [2.24, 2.45) is 5.92 Å². The number of thiophene rings is 1. The number of nitrogens with zero attached hydrogens (tertiary/aromatic N) is 2. The highest BCUT2D eigenvalue weighted by Gasteiger charge is 2.27. The molecule has 1 aromatic carbocycles. The highest BCUT2D eigenvalue weighted by molar-refractivity contribution is 7.17. The van der Waals surface area contributed by atoms with Gasteiger partial charge in [0.05, 0.1) is 11.4 Å². The van der Waals surface area contributed by atoms with E-state index in [1.165, 1.54) is 11.3 Å². The van der Waals surface area contributed by atoms with Crippen molar-refractivity contribution < 1.29 is 9.53 Å². The number of hydrogen-bond donors (Lipinski definition) is 2. The number of aromatic amines is 1. The Labute approximate surface area is 179 Å². The van der Waals surface area contributed by atoms with Gasteiger partial charge < -0.3 is 15.0 Å². The maximum atomic E-state index is 12.7. The normalized spacial score (nSPS) is 16.7. The molecule has 4 rings (SSSR count). The van der Waals surface area contributed by atoms with Gasteiger partial charge in [0.25, 0.3) is 5.56 Å². The van der Waals surface area contributed by atoms with Gasteiger partial charge in [-0.2, -0.15) is 0 Å². The number of amides is 1. The van der Waals surface area contributed by atoms with Crippen molar-refractivity contribution >= 4 is 33.4 Å². The molecule has 158 valence electrons. The zero-order chi connectivity index (χ0) is 20.9. The third-order valence-corrected chi connectivity index (χ3v) is 6.38. The Morgan fingerprint density at radius 3 is 3.00 bits per heavy atom. The number of fused-ring (bicyclic) bond motifs is 1. The number of aromatic nitrogens is 2. The molecule has 0 unspecified atom stereocenters. The number of benzene rings is 1. The molecule has 8 heteroatoms. The Bertz CT molecular complexity index is 1060. The van der Waals surface area contributed by atoms with E-state index in [1.807, 2.05) is 40.6 Å². The topological polar surface area (TPSA) is 87.3 Å². The third-order valence-electron chi connectivity index (χ3n) is 5.42. The maximum Gasteiger partial charge on any atom is 0.270 e. The fourth-order valence-electron chi connectivity index (χ4n) is 3.84. The van der Waals surface area contributed by atoms with E-state index in [9.17, 15) is 9.59 Å². The van der Waals surface area contributed by atoms with Gasteiger partial charge in [-0.25, -0.2) is 4.98 Å². The number of carbonyl (C=O) groups excluding carboxylic acids is 1. The molecule has 0 spiro atoms. The van der Waals surface area contributed by atoms with Gasteiger partial charge in [-0.1, -0.05) is 30.3 Å². The lowest BCUT2D eigenvalue weighted by atomic mass is 9.97. The first-order chi connectivity index (χ1) is 14.7. The van der Waals surface area contributed by atoms with Gasteiger partial charge >= 0.3 is 0 Å². The van der Waals surface area contributed by atoms with E-state index in [4.69, 9.17) is 9.72 Å². The van der Waals surface area contributed by atoms with Gasteiger partial charge in [-0.05, 0) is 24.8 Å². The molecule has 2 aromatic heterocycles. The molecule has 1 aliphatic rings. The van der Waals surface area contributed by atoms with Crippen LogP contribution in [0.3, 0.4) is 0 Å². The highest BCUT2D eigenvalue weighted by Crippen LogP contribution is 2.32. The van der Waals surface area contributed by atoms with Crippen LogP contribution in [0.4, 0.5) is 5.95 Å². The fourth-order valence-corrected chi connectivity index (χ4v) is 4.75. The predicted molar refractivity (Wildman–Crippen MR) is 120 cm³/mol. The summed E-state index contributed by atoms with van der Waals surface area (Å²) in [7, 11) is 1.65. The van der Waals surface area contributed by atoms with E-state index < -0.39 is 0 Å². The molecule has 1 atom stereocenters. The van der Waals surface area contributed by atoms with E-state index in [0.717, 1.165) is 42.5 Å². The van der Waals surface area contributed by atoms with Crippen molar-refractivity contribution in [3.05, 3.63) is 46.1 Å². The van der Waals surface area contributed by atoms with Crippen LogP contribution in [0.5, 0.6) is 0 Å². The van der Waals surface area contributed by atoms with Gasteiger partial charge in [0, 0.05) is 44.3 Å². The fraction of sp³-hybridized carbons (Fsp3) is 0.409. The van der Waals surface area contributed by atoms with E-state index in [-0.39, 0.29) is 17.4 Å². The first-order valence-electron chi connectivity index (χ1n) is 10.3. The van der Waals surface area contributed by atoms with Gasteiger partial charge in [0.1, 0.15) is 4.70 Å². The van der Waals surface area contributed by atoms with Crippen LogP contribution in [0, 0.1) is 5.92 Å². The van der Waals surface area contributed by atoms with Crippen LogP contribution < -0.4 is 15.8 Å². The minimum Gasteiger partial charge on any atom is -0.385 e. The molecule has 7 nitrogen and oxygen atoms in total. The summed E-state index contributed by atoms with van der Waals surface area (Å²) in [5.74, 6) is 0.484. The van der Waals surface area contributed by atoms with E-state index >= 15 is 0 Å². The second-order valence-electron chi connectivity index (χ2n) is 7.51. The summed E-state index contributed by atoms with van der Waals surface area (Å²) in [6, 6.07) is 9.97. The van der Waals surface area contributed by atoms with Gasteiger partial charge in [0.15, 0.2) is 0 Å². The molecular weight excluding hydrogens is 400 g/mol. The number of hydrogen-bond acceptors (Lipinski definition) is 6. The lowest BCUT2D eigenvalue weighted by Crippen LogP contribution is -2.44. The van der Waals surface area contributed by atoms with Gasteiger partial charge in [-0.3, -0.25) is 14.6 Å². The maximum absolute atomic E-state index is 12.7. The number of ether oxygens (including phenoxy) is 1. The molecule has 1 amide bonds. The first-order valence-corrected chi connectivity index (χ1v) is 11.1. The quantitative estimate of drug-likeness (QED) is 0.567. The molecule has 0 bridgehead atoms. The van der Waals surface area contributed by atoms with Crippen molar-refractivity contribution in [1.29, 1.82) is 0 Å². The van der Waals surface area contributed by atoms with E-state index in [0.29, 0.717) is 30.3 Å². The Hall–Kier alpha value is -2.71.